The van der Waals surface area contributed by atoms with E-state index in [1.165, 1.54) is 12.7 Å². The molecule has 152 valence electrons. The molecule has 2 aromatic carbocycles. The lowest BCUT2D eigenvalue weighted by atomic mass is 10.1. The summed E-state index contributed by atoms with van der Waals surface area (Å²) >= 11 is 0. The third-order valence-electron chi connectivity index (χ3n) is 4.68. The van der Waals surface area contributed by atoms with Crippen molar-refractivity contribution < 1.29 is 28.7 Å². The summed E-state index contributed by atoms with van der Waals surface area (Å²) in [4.78, 5) is 11.5. The quantitative estimate of drug-likeness (QED) is 0.444. The molecule has 0 unspecified atom stereocenters. The van der Waals surface area contributed by atoms with E-state index >= 15 is 0 Å². The van der Waals surface area contributed by atoms with Gasteiger partial charge in [0.15, 0.2) is 17.3 Å². The van der Waals surface area contributed by atoms with E-state index in [1.807, 2.05) is 36.4 Å². The number of carbonyl (C=O) groups excluding carboxylic acids is 1. The van der Waals surface area contributed by atoms with Gasteiger partial charge in [0.2, 0.25) is 0 Å². The van der Waals surface area contributed by atoms with Crippen LogP contribution in [0.4, 0.5) is 0 Å². The first-order chi connectivity index (χ1) is 14.1. The number of nitrogens with two attached hydrogens (primary N) is 1. The average molecular weight is 396 g/mol. The zero-order chi connectivity index (χ0) is 20.6. The molecule has 0 saturated heterocycles. The molecule has 0 aliphatic rings. The zero-order valence-electron chi connectivity index (χ0n) is 16.9. The summed E-state index contributed by atoms with van der Waals surface area (Å²) in [5.41, 5.74) is 2.64. The predicted molar refractivity (Wildman–Crippen MR) is 109 cm³/mol. The highest BCUT2D eigenvalue weighted by atomic mass is 16.5. The van der Waals surface area contributed by atoms with E-state index in [9.17, 15) is 4.79 Å². The number of hydrogen-bond donors (Lipinski definition) is 1. The molecule has 0 saturated carbocycles. The summed E-state index contributed by atoms with van der Waals surface area (Å²) in [6.07, 6.45) is 0.920. The van der Waals surface area contributed by atoms with Gasteiger partial charge in [0, 0.05) is 12.0 Å². The Labute approximate surface area is 170 Å². The number of ether oxygens (including phenoxy) is 3. The summed E-state index contributed by atoms with van der Waals surface area (Å²) < 4.78 is 21.3. The van der Waals surface area contributed by atoms with Gasteiger partial charge in [-0.05, 0) is 42.0 Å². The van der Waals surface area contributed by atoms with Gasteiger partial charge in [-0.15, -0.1) is 0 Å². The molecule has 0 spiro atoms. The van der Waals surface area contributed by atoms with Crippen molar-refractivity contribution in [3.05, 3.63) is 71.5 Å². The Morgan fingerprint density at radius 2 is 1.69 bits per heavy atom. The van der Waals surface area contributed by atoms with Crippen molar-refractivity contribution in [1.82, 2.24) is 0 Å². The van der Waals surface area contributed by atoms with Gasteiger partial charge < -0.3 is 23.9 Å². The number of benzene rings is 2. The fourth-order valence-corrected chi connectivity index (χ4v) is 3.08. The molecule has 29 heavy (non-hydrogen) atoms. The second kappa shape index (κ2) is 9.80. The van der Waals surface area contributed by atoms with E-state index in [0.29, 0.717) is 5.56 Å². The fraction of sp³-hybridized carbons (Fsp3) is 0.261. The van der Waals surface area contributed by atoms with Crippen molar-refractivity contribution in [1.29, 1.82) is 0 Å². The third-order valence-corrected chi connectivity index (χ3v) is 4.68. The SMILES string of the molecule is COC(=O)c1ccc(-c2ccc(C[NH2+]CCc3ccc(OC)c(OC)c3)o2)cc1. The van der Waals surface area contributed by atoms with Gasteiger partial charge in [-0.3, -0.25) is 0 Å². The molecule has 0 amide bonds. The minimum absolute atomic E-state index is 0.347. The monoisotopic (exact) mass is 396 g/mol. The Morgan fingerprint density at radius 3 is 2.38 bits per heavy atom. The zero-order valence-corrected chi connectivity index (χ0v) is 16.9. The van der Waals surface area contributed by atoms with Crippen LogP contribution in [0.1, 0.15) is 21.7 Å². The van der Waals surface area contributed by atoms with Gasteiger partial charge in [0.25, 0.3) is 0 Å². The standard InChI is InChI=1S/C23H25NO5/c1-26-21-10-4-16(14-22(21)27-2)12-13-24-15-19-9-11-20(29-19)17-5-7-18(8-6-17)23(25)28-3/h4-11,14,24H,12-13,15H2,1-3H3/p+1. The van der Waals surface area contributed by atoms with Crippen molar-refractivity contribution >= 4 is 5.97 Å². The molecule has 1 aromatic heterocycles. The normalized spacial score (nSPS) is 10.6. The number of furan rings is 1. The maximum absolute atomic E-state index is 11.5. The van der Waals surface area contributed by atoms with Crippen molar-refractivity contribution in [3.63, 3.8) is 0 Å². The lowest BCUT2D eigenvalue weighted by Gasteiger charge is -2.09. The highest BCUT2D eigenvalue weighted by Crippen LogP contribution is 2.27. The average Bonchev–Trinajstić information content (AvgIpc) is 3.25. The van der Waals surface area contributed by atoms with Crippen LogP contribution in [-0.4, -0.2) is 33.8 Å². The number of hydrogen-bond acceptors (Lipinski definition) is 5. The Hall–Kier alpha value is -3.25. The minimum Gasteiger partial charge on any atom is -0.493 e. The second-order valence-electron chi connectivity index (χ2n) is 6.56. The number of esters is 1. The first kappa shape index (κ1) is 20.5. The molecule has 6 nitrogen and oxygen atoms in total. The van der Waals surface area contributed by atoms with Gasteiger partial charge in [-0.1, -0.05) is 18.2 Å². The molecule has 0 bridgehead atoms. The van der Waals surface area contributed by atoms with Gasteiger partial charge in [0.05, 0.1) is 33.4 Å². The van der Waals surface area contributed by atoms with E-state index < -0.39 is 0 Å². The largest absolute Gasteiger partial charge is 0.493 e. The van der Waals surface area contributed by atoms with Crippen molar-refractivity contribution in [2.45, 2.75) is 13.0 Å². The van der Waals surface area contributed by atoms with Gasteiger partial charge >= 0.3 is 5.97 Å². The van der Waals surface area contributed by atoms with E-state index in [1.54, 1.807) is 26.4 Å². The molecule has 0 aliphatic heterocycles. The fourth-order valence-electron chi connectivity index (χ4n) is 3.08. The van der Waals surface area contributed by atoms with Crippen LogP contribution in [0.15, 0.2) is 59.0 Å². The Morgan fingerprint density at radius 1 is 0.931 bits per heavy atom. The number of rotatable bonds is 9. The Balaban J connectivity index is 1.51. The van der Waals surface area contributed by atoms with Crippen LogP contribution in [0.25, 0.3) is 11.3 Å². The molecule has 3 rings (SSSR count). The number of methoxy groups -OCH3 is 3. The summed E-state index contributed by atoms with van der Waals surface area (Å²) in [5, 5.41) is 2.21. The first-order valence-corrected chi connectivity index (χ1v) is 9.44. The molecule has 0 fully saturated rings. The van der Waals surface area contributed by atoms with Gasteiger partial charge in [-0.25, -0.2) is 4.79 Å². The molecule has 6 heteroatoms. The molecular formula is C23H26NO5+. The van der Waals surface area contributed by atoms with Crippen LogP contribution >= 0.6 is 0 Å². The number of carbonyl (C=O) groups is 1. The minimum atomic E-state index is -0.347. The van der Waals surface area contributed by atoms with Crippen LogP contribution in [-0.2, 0) is 17.7 Å². The van der Waals surface area contributed by atoms with Crippen LogP contribution in [0, 0.1) is 0 Å². The van der Waals surface area contributed by atoms with Gasteiger partial charge in [-0.2, -0.15) is 0 Å². The maximum Gasteiger partial charge on any atom is 0.337 e. The van der Waals surface area contributed by atoms with E-state index in [2.05, 4.69) is 11.4 Å². The van der Waals surface area contributed by atoms with E-state index in [4.69, 9.17) is 18.6 Å². The first-order valence-electron chi connectivity index (χ1n) is 9.44. The molecule has 1 heterocycles. The van der Waals surface area contributed by atoms with Gasteiger partial charge in [0.1, 0.15) is 12.3 Å². The van der Waals surface area contributed by atoms with Crippen LogP contribution < -0.4 is 14.8 Å². The van der Waals surface area contributed by atoms with Crippen LogP contribution in [0.3, 0.4) is 0 Å². The molecule has 0 radical (unpaired) electrons. The summed E-state index contributed by atoms with van der Waals surface area (Å²) in [6, 6.07) is 17.1. The van der Waals surface area contributed by atoms with Crippen molar-refractivity contribution in [2.24, 2.45) is 0 Å². The van der Waals surface area contributed by atoms with E-state index in [-0.39, 0.29) is 5.97 Å². The van der Waals surface area contributed by atoms with Crippen molar-refractivity contribution in [2.75, 3.05) is 27.9 Å². The van der Waals surface area contributed by atoms with Crippen LogP contribution in [0.5, 0.6) is 11.5 Å². The molecule has 3 aromatic rings. The summed E-state index contributed by atoms with van der Waals surface area (Å²) in [7, 11) is 4.65. The van der Waals surface area contributed by atoms with E-state index in [0.717, 1.165) is 48.1 Å². The topological polar surface area (TPSA) is 74.5 Å². The second-order valence-corrected chi connectivity index (χ2v) is 6.56. The summed E-state index contributed by atoms with van der Waals surface area (Å²) in [6.45, 7) is 1.69. The summed E-state index contributed by atoms with van der Waals surface area (Å²) in [5.74, 6) is 2.83. The van der Waals surface area contributed by atoms with Crippen molar-refractivity contribution in [3.8, 4) is 22.8 Å². The lowest BCUT2D eigenvalue weighted by Crippen LogP contribution is -2.83. The lowest BCUT2D eigenvalue weighted by molar-refractivity contribution is -0.671. The third kappa shape index (κ3) is 5.18. The molecule has 2 N–H and O–H groups in total. The molecule has 0 atom stereocenters. The molecular weight excluding hydrogens is 370 g/mol. The smallest absolute Gasteiger partial charge is 0.337 e. The molecule has 0 aliphatic carbocycles. The highest BCUT2D eigenvalue weighted by Gasteiger charge is 2.09. The Bertz CT molecular complexity index is 946. The van der Waals surface area contributed by atoms with Crippen LogP contribution in [0.2, 0.25) is 0 Å². The predicted octanol–water partition coefficient (Wildman–Crippen LogP) is 3.06. The highest BCUT2D eigenvalue weighted by molar-refractivity contribution is 5.89. The maximum atomic E-state index is 11.5. The Kier molecular flexibility index (Phi) is 6.92. The number of quaternary nitrogens is 1.